The van der Waals surface area contributed by atoms with Gasteiger partial charge in [0.15, 0.2) is 0 Å². The van der Waals surface area contributed by atoms with Crippen molar-refractivity contribution in [2.75, 3.05) is 28.8 Å². The lowest BCUT2D eigenvalue weighted by Gasteiger charge is -1.75. The Hall–Kier alpha value is 0.550. The molecule has 0 heterocycles. The molecule has 0 rings (SSSR count). The third-order valence-corrected chi connectivity index (χ3v) is 4.27. The lowest BCUT2D eigenvalue weighted by Crippen LogP contribution is -2.03. The molecule has 0 aromatic heterocycles. The normalized spacial score (nSPS) is 14.2. The molecule has 15 heteroatoms. The van der Waals surface area contributed by atoms with Crippen molar-refractivity contribution < 1.29 is 21.0 Å². The third kappa shape index (κ3) is 122. The summed E-state index contributed by atoms with van der Waals surface area (Å²) in [5.41, 5.74) is 0. The summed E-state index contributed by atoms with van der Waals surface area (Å²) in [4.78, 5) is 0. The van der Waals surface area contributed by atoms with Crippen molar-refractivity contribution in [3.8, 4) is 0 Å². The van der Waals surface area contributed by atoms with Gasteiger partial charge in [-0.1, -0.05) is 42.0 Å². The van der Waals surface area contributed by atoms with Crippen LogP contribution in [0.2, 0.25) is 0 Å². The van der Waals surface area contributed by atoms with Gasteiger partial charge in [-0.3, -0.25) is 25.7 Å². The van der Waals surface area contributed by atoms with E-state index < -0.39 is 54.9 Å². The monoisotopic (exact) mass is 481 g/mol. The largest absolute Gasteiger partial charge is 0.252 e. The molecule has 0 bridgehead atoms. The maximum atomic E-state index is 9.70. The fourth-order valence-corrected chi connectivity index (χ4v) is 0. The van der Waals surface area contributed by atoms with Gasteiger partial charge in [0.05, 0.1) is 54.9 Å². The van der Waals surface area contributed by atoms with Crippen molar-refractivity contribution >= 4 is 54.9 Å². The fourth-order valence-electron chi connectivity index (χ4n) is 0. The number of rotatable bonds is 5. The van der Waals surface area contributed by atoms with E-state index in [4.69, 9.17) is 25.7 Å². The quantitative estimate of drug-likeness (QED) is 0.325. The van der Waals surface area contributed by atoms with E-state index in [1.807, 2.05) is 0 Å². The summed E-state index contributed by atoms with van der Waals surface area (Å²) < 4.78 is 48.5. The van der Waals surface area contributed by atoms with Crippen LogP contribution in [0.15, 0.2) is 0 Å². The molecule has 0 aromatic carbocycles. The summed E-state index contributed by atoms with van der Waals surface area (Å²) in [7, 11) is -5.36. The molecule has 26 heavy (non-hydrogen) atoms. The van der Waals surface area contributed by atoms with Crippen LogP contribution in [0.3, 0.4) is 0 Å². The molecule has 0 aromatic rings. The summed E-state index contributed by atoms with van der Waals surface area (Å²) in [6, 6.07) is 0. The molecule has 10 nitrogen and oxygen atoms in total. The minimum atomic E-state index is -1.07. The highest BCUT2D eigenvalue weighted by molar-refractivity contribution is 7.83. The van der Waals surface area contributed by atoms with E-state index in [9.17, 15) is 21.0 Å². The van der Waals surface area contributed by atoms with Crippen LogP contribution in [-0.2, 0) is 54.9 Å². The average Bonchev–Trinajstić information content (AvgIpc) is 2.56. The number of hydrogen-bond acceptors (Lipinski definition) is 5. The lowest BCUT2D eigenvalue weighted by atomic mass is 11.0. The van der Waals surface area contributed by atoms with Crippen LogP contribution >= 0.6 is 0 Å². The Morgan fingerprint density at radius 3 is 0.462 bits per heavy atom. The summed E-state index contributed by atoms with van der Waals surface area (Å²) in [5, 5.41) is 23.8. The highest BCUT2D eigenvalue weighted by Crippen LogP contribution is 1.59. The molecule has 0 radical (unpaired) electrons. The molecule has 0 amide bonds. The van der Waals surface area contributed by atoms with Gasteiger partial charge in [0, 0.05) is 28.8 Å². The van der Waals surface area contributed by atoms with E-state index in [-0.39, 0.29) is 7.43 Å². The van der Waals surface area contributed by atoms with E-state index >= 15 is 0 Å². The van der Waals surface area contributed by atoms with Gasteiger partial charge in [-0.05, 0) is 0 Å². The van der Waals surface area contributed by atoms with Crippen LogP contribution in [0, 0.1) is 0 Å². The molecule has 10 N–H and O–H groups in total. The van der Waals surface area contributed by atoms with Crippen LogP contribution in [-0.4, -0.2) is 49.8 Å². The maximum absolute atomic E-state index is 9.70. The molecule has 0 saturated heterocycles. The smallest absolute Gasteiger partial charge is 0.0885 e. The van der Waals surface area contributed by atoms with Crippen molar-refractivity contribution in [2.24, 2.45) is 25.7 Å². The molecular weight excluding hydrogens is 442 g/mol. The van der Waals surface area contributed by atoms with Gasteiger partial charge in [-0.2, -0.15) is 0 Å². The number of nitrogens with two attached hydrogens (primary N) is 5. The van der Waals surface area contributed by atoms with E-state index in [1.54, 1.807) is 34.6 Å². The van der Waals surface area contributed by atoms with Gasteiger partial charge in [0.25, 0.3) is 0 Å². The first kappa shape index (κ1) is 41.0. The van der Waals surface area contributed by atoms with Crippen molar-refractivity contribution in [1.82, 2.24) is 0 Å². The Labute approximate surface area is 172 Å². The van der Waals surface area contributed by atoms with Crippen molar-refractivity contribution in [3.05, 3.63) is 0 Å². The van der Waals surface area contributed by atoms with Crippen molar-refractivity contribution in [2.45, 2.75) is 42.0 Å². The first-order valence-corrected chi connectivity index (χ1v) is 13.9. The SMILES string of the molecule is C.CC[S@@](N)=O.CC[S@@](N)=O.CC[S@@](N)=O.CC[S@@](N)=O.CC[S@@](N)=O. The minimum Gasteiger partial charge on any atom is -0.252 e. The van der Waals surface area contributed by atoms with Crippen LogP contribution in [0.5, 0.6) is 0 Å². The highest BCUT2D eigenvalue weighted by atomic mass is 32.2. The zero-order chi connectivity index (χ0) is 21.4. The zero-order valence-electron chi connectivity index (χ0n) is 15.5. The van der Waals surface area contributed by atoms with Gasteiger partial charge in [0.1, 0.15) is 0 Å². The minimum absolute atomic E-state index is 0. The summed E-state index contributed by atoms with van der Waals surface area (Å²) >= 11 is 0. The first-order valence-electron chi connectivity index (χ1n) is 6.99. The van der Waals surface area contributed by atoms with Gasteiger partial charge >= 0.3 is 0 Å². The van der Waals surface area contributed by atoms with Gasteiger partial charge < -0.3 is 0 Å². The molecule has 0 saturated carbocycles. The molecule has 0 spiro atoms. The predicted molar refractivity (Wildman–Crippen MR) is 121 cm³/mol. The van der Waals surface area contributed by atoms with E-state index in [1.165, 1.54) is 0 Å². The Morgan fingerprint density at radius 2 is 0.462 bits per heavy atom. The zero-order valence-corrected chi connectivity index (χ0v) is 19.6. The number of hydrogen-bond donors (Lipinski definition) is 5. The summed E-state index contributed by atoms with van der Waals surface area (Å²) in [6.07, 6.45) is 0. The van der Waals surface area contributed by atoms with Crippen molar-refractivity contribution in [1.29, 1.82) is 0 Å². The molecule has 0 aliphatic carbocycles. The van der Waals surface area contributed by atoms with Crippen LogP contribution in [0.25, 0.3) is 0 Å². The molecule has 168 valence electrons. The van der Waals surface area contributed by atoms with Gasteiger partial charge in [-0.15, -0.1) is 0 Å². The predicted octanol–water partition coefficient (Wildman–Crippen LogP) is -1.22. The second-order valence-electron chi connectivity index (χ2n) is 3.35. The Morgan fingerprint density at radius 1 is 0.423 bits per heavy atom. The maximum Gasteiger partial charge on any atom is 0.0885 e. The third-order valence-electron chi connectivity index (χ3n) is 1.42. The van der Waals surface area contributed by atoms with Crippen LogP contribution < -0.4 is 25.7 Å². The topological polar surface area (TPSA) is 215 Å². The van der Waals surface area contributed by atoms with Gasteiger partial charge in [0.2, 0.25) is 0 Å². The summed E-state index contributed by atoms with van der Waals surface area (Å²) in [5.74, 6) is 2.78. The molecule has 0 unspecified atom stereocenters. The van der Waals surface area contributed by atoms with E-state index in [0.717, 1.165) is 0 Å². The first-order chi connectivity index (χ1) is 11.4. The molecule has 0 aliphatic rings. The second-order valence-corrected chi connectivity index (χ2v) is 10.0. The summed E-state index contributed by atoms with van der Waals surface area (Å²) in [6.45, 7) is 8.87. The van der Waals surface area contributed by atoms with Gasteiger partial charge in [-0.25, -0.2) is 21.0 Å². The van der Waals surface area contributed by atoms with Crippen LogP contribution in [0.1, 0.15) is 42.0 Å². The van der Waals surface area contributed by atoms with Crippen LogP contribution in [0.4, 0.5) is 0 Å². The highest BCUT2D eigenvalue weighted by Gasteiger charge is 1.75. The molecule has 0 fully saturated rings. The Balaban J connectivity index is -0.0000000476. The lowest BCUT2D eigenvalue weighted by molar-refractivity contribution is 0.684. The Bertz CT molecular complexity index is 307. The second kappa shape index (κ2) is 36.5. The Kier molecular flexibility index (Phi) is 57.6. The van der Waals surface area contributed by atoms with E-state index in [2.05, 4.69) is 0 Å². The fraction of sp³-hybridized carbons (Fsp3) is 1.00. The molecular formula is C11H39N5O5S5. The van der Waals surface area contributed by atoms with Crippen molar-refractivity contribution in [3.63, 3.8) is 0 Å². The molecule has 0 aliphatic heterocycles. The average molecular weight is 482 g/mol. The molecule has 5 atom stereocenters. The standard InChI is InChI=1S/5C2H7NOS.CH4/c5*1-2-5(3)4;/h5*2-3H2,1H3;1H4/t5*5-;/m00000./s1. The van der Waals surface area contributed by atoms with E-state index in [0.29, 0.717) is 28.8 Å².